The first kappa shape index (κ1) is 11.7. The molecule has 0 saturated carbocycles. The molecule has 1 aromatic heterocycles. The SMILES string of the molecule is N#CCc1nc2cc(Oc3ccccc3)ccc2s1. The van der Waals surface area contributed by atoms with Gasteiger partial charge in [0.05, 0.1) is 22.7 Å². The van der Waals surface area contributed by atoms with Crippen molar-refractivity contribution in [3.63, 3.8) is 0 Å². The Morgan fingerprint density at radius 1 is 1.11 bits per heavy atom. The third-order valence-electron chi connectivity index (χ3n) is 2.61. The second-order valence-electron chi connectivity index (χ2n) is 3.99. The highest BCUT2D eigenvalue weighted by atomic mass is 32.1. The van der Waals surface area contributed by atoms with Gasteiger partial charge in [0.1, 0.15) is 16.5 Å². The number of rotatable bonds is 3. The quantitative estimate of drug-likeness (QED) is 0.715. The minimum Gasteiger partial charge on any atom is -0.457 e. The molecule has 4 heteroatoms. The molecule has 0 aliphatic rings. The summed E-state index contributed by atoms with van der Waals surface area (Å²) in [6.07, 6.45) is 0.355. The van der Waals surface area contributed by atoms with Crippen LogP contribution in [0.5, 0.6) is 11.5 Å². The molecule has 0 saturated heterocycles. The van der Waals surface area contributed by atoms with Crippen LogP contribution in [0.25, 0.3) is 10.2 Å². The lowest BCUT2D eigenvalue weighted by atomic mass is 10.3. The van der Waals surface area contributed by atoms with E-state index in [1.54, 1.807) is 11.3 Å². The summed E-state index contributed by atoms with van der Waals surface area (Å²) in [7, 11) is 0. The number of thiazole rings is 1. The van der Waals surface area contributed by atoms with Gasteiger partial charge in [0.25, 0.3) is 0 Å². The van der Waals surface area contributed by atoms with E-state index in [9.17, 15) is 0 Å². The van der Waals surface area contributed by atoms with Gasteiger partial charge in [0, 0.05) is 6.07 Å². The normalized spacial score (nSPS) is 10.3. The van der Waals surface area contributed by atoms with Crippen molar-refractivity contribution in [1.29, 1.82) is 5.26 Å². The van der Waals surface area contributed by atoms with E-state index in [2.05, 4.69) is 11.1 Å². The van der Waals surface area contributed by atoms with Gasteiger partial charge in [0.2, 0.25) is 0 Å². The molecule has 3 aromatic rings. The largest absolute Gasteiger partial charge is 0.457 e. The first-order chi connectivity index (χ1) is 9.35. The molecule has 0 bridgehead atoms. The van der Waals surface area contributed by atoms with Crippen molar-refractivity contribution >= 4 is 21.6 Å². The van der Waals surface area contributed by atoms with Crippen molar-refractivity contribution in [1.82, 2.24) is 4.98 Å². The molecular formula is C15H10N2OS. The molecule has 0 aliphatic carbocycles. The third-order valence-corrected chi connectivity index (χ3v) is 3.65. The lowest BCUT2D eigenvalue weighted by molar-refractivity contribution is 0.483. The number of benzene rings is 2. The molecule has 0 aliphatic heterocycles. The van der Waals surface area contributed by atoms with E-state index in [1.165, 1.54) is 0 Å². The first-order valence-corrected chi connectivity index (χ1v) is 6.66. The highest BCUT2D eigenvalue weighted by Gasteiger charge is 2.05. The highest BCUT2D eigenvalue weighted by Crippen LogP contribution is 2.28. The number of hydrogen-bond donors (Lipinski definition) is 0. The van der Waals surface area contributed by atoms with E-state index in [-0.39, 0.29) is 0 Å². The molecule has 0 unspecified atom stereocenters. The number of ether oxygens (including phenoxy) is 1. The second kappa shape index (κ2) is 5.09. The maximum atomic E-state index is 8.69. The molecule has 2 aromatic carbocycles. The summed E-state index contributed by atoms with van der Waals surface area (Å²) in [6.45, 7) is 0. The molecule has 0 spiro atoms. The number of aromatic nitrogens is 1. The molecule has 1 heterocycles. The van der Waals surface area contributed by atoms with Crippen LogP contribution >= 0.6 is 11.3 Å². The summed E-state index contributed by atoms with van der Waals surface area (Å²) in [5.74, 6) is 1.56. The van der Waals surface area contributed by atoms with E-state index in [0.29, 0.717) is 6.42 Å². The minimum absolute atomic E-state index is 0.355. The molecule has 0 radical (unpaired) electrons. The summed E-state index contributed by atoms with van der Waals surface area (Å²) >= 11 is 1.55. The van der Waals surface area contributed by atoms with Gasteiger partial charge in [-0.1, -0.05) is 18.2 Å². The standard InChI is InChI=1S/C15H10N2OS/c16-9-8-15-17-13-10-12(6-7-14(13)19-15)18-11-4-2-1-3-5-11/h1-7,10H,8H2. The fraction of sp³-hybridized carbons (Fsp3) is 0.0667. The summed E-state index contributed by atoms with van der Waals surface area (Å²) in [5.41, 5.74) is 0.878. The van der Waals surface area contributed by atoms with Crippen LogP contribution in [0.3, 0.4) is 0 Å². The number of para-hydroxylation sites is 1. The Hall–Kier alpha value is -2.38. The van der Waals surface area contributed by atoms with E-state index in [1.807, 2.05) is 48.5 Å². The monoisotopic (exact) mass is 266 g/mol. The van der Waals surface area contributed by atoms with E-state index in [0.717, 1.165) is 26.7 Å². The summed E-state index contributed by atoms with van der Waals surface area (Å²) in [6, 6.07) is 17.5. The molecule has 3 rings (SSSR count). The lowest BCUT2D eigenvalue weighted by Crippen LogP contribution is -1.83. The Kier molecular flexibility index (Phi) is 3.13. The Morgan fingerprint density at radius 3 is 2.74 bits per heavy atom. The van der Waals surface area contributed by atoms with Crippen molar-refractivity contribution in [2.75, 3.05) is 0 Å². The van der Waals surface area contributed by atoms with Crippen LogP contribution in [0.1, 0.15) is 5.01 Å². The van der Waals surface area contributed by atoms with Crippen molar-refractivity contribution in [3.8, 4) is 17.6 Å². The van der Waals surface area contributed by atoms with Gasteiger partial charge in [-0.3, -0.25) is 0 Å². The van der Waals surface area contributed by atoms with Gasteiger partial charge in [-0.15, -0.1) is 11.3 Å². The van der Waals surface area contributed by atoms with Crippen molar-refractivity contribution in [3.05, 3.63) is 53.5 Å². The molecule has 0 amide bonds. The van der Waals surface area contributed by atoms with Gasteiger partial charge in [-0.25, -0.2) is 4.98 Å². The van der Waals surface area contributed by atoms with Gasteiger partial charge in [-0.05, 0) is 24.3 Å². The number of hydrogen-bond acceptors (Lipinski definition) is 4. The van der Waals surface area contributed by atoms with E-state index in [4.69, 9.17) is 10.00 Å². The maximum Gasteiger partial charge on any atom is 0.129 e. The zero-order valence-corrected chi connectivity index (χ0v) is 10.9. The topological polar surface area (TPSA) is 45.9 Å². The van der Waals surface area contributed by atoms with Gasteiger partial charge >= 0.3 is 0 Å². The molecule has 0 fully saturated rings. The molecule has 92 valence electrons. The molecule has 19 heavy (non-hydrogen) atoms. The Labute approximate surface area is 114 Å². The third kappa shape index (κ3) is 2.56. The Bertz CT molecular complexity index is 744. The molecule has 0 N–H and O–H groups in total. The van der Waals surface area contributed by atoms with Crippen LogP contribution < -0.4 is 4.74 Å². The number of fused-ring (bicyclic) bond motifs is 1. The second-order valence-corrected chi connectivity index (χ2v) is 5.10. The average molecular weight is 266 g/mol. The van der Waals surface area contributed by atoms with Gasteiger partial charge in [-0.2, -0.15) is 5.26 Å². The maximum absolute atomic E-state index is 8.69. The van der Waals surface area contributed by atoms with Crippen LogP contribution in [-0.4, -0.2) is 4.98 Å². The zero-order valence-electron chi connectivity index (χ0n) is 10.0. The van der Waals surface area contributed by atoms with Crippen LogP contribution in [0, 0.1) is 11.3 Å². The number of nitrogens with zero attached hydrogens (tertiary/aromatic N) is 2. The fourth-order valence-corrected chi connectivity index (χ4v) is 2.67. The van der Waals surface area contributed by atoms with Crippen molar-refractivity contribution < 1.29 is 4.74 Å². The summed E-state index contributed by atoms with van der Waals surface area (Å²) < 4.78 is 6.83. The van der Waals surface area contributed by atoms with Crippen LogP contribution in [-0.2, 0) is 6.42 Å². The smallest absolute Gasteiger partial charge is 0.129 e. The zero-order chi connectivity index (χ0) is 13.1. The molecular weight excluding hydrogens is 256 g/mol. The van der Waals surface area contributed by atoms with Crippen LogP contribution in [0.2, 0.25) is 0 Å². The van der Waals surface area contributed by atoms with Crippen molar-refractivity contribution in [2.24, 2.45) is 0 Å². The number of nitriles is 1. The van der Waals surface area contributed by atoms with Crippen molar-refractivity contribution in [2.45, 2.75) is 6.42 Å². The Morgan fingerprint density at radius 2 is 1.95 bits per heavy atom. The van der Waals surface area contributed by atoms with Gasteiger partial charge in [0.15, 0.2) is 0 Å². The predicted molar refractivity (Wildman–Crippen MR) is 75.5 cm³/mol. The van der Waals surface area contributed by atoms with E-state index >= 15 is 0 Å². The summed E-state index contributed by atoms with van der Waals surface area (Å²) in [4.78, 5) is 4.42. The molecule has 0 atom stereocenters. The average Bonchev–Trinajstić information content (AvgIpc) is 2.82. The Balaban J connectivity index is 1.91. The van der Waals surface area contributed by atoms with Gasteiger partial charge < -0.3 is 4.74 Å². The predicted octanol–water partition coefficient (Wildman–Crippen LogP) is 4.15. The lowest BCUT2D eigenvalue weighted by Gasteiger charge is -2.04. The minimum atomic E-state index is 0.355. The van der Waals surface area contributed by atoms with Crippen LogP contribution in [0.4, 0.5) is 0 Å². The van der Waals surface area contributed by atoms with Crippen LogP contribution in [0.15, 0.2) is 48.5 Å². The van der Waals surface area contributed by atoms with E-state index < -0.39 is 0 Å². The molecule has 3 nitrogen and oxygen atoms in total. The first-order valence-electron chi connectivity index (χ1n) is 5.84. The fourth-order valence-electron chi connectivity index (χ4n) is 1.79. The highest BCUT2D eigenvalue weighted by molar-refractivity contribution is 7.18. The summed E-state index contributed by atoms with van der Waals surface area (Å²) in [5, 5.41) is 9.53.